The Hall–Kier alpha value is -3.69. The molecule has 2 unspecified atom stereocenters. The van der Waals surface area contributed by atoms with Crippen molar-refractivity contribution in [1.29, 1.82) is 0 Å². The Kier molecular flexibility index (Phi) is 10.5. The molecule has 8 nitrogen and oxygen atoms in total. The van der Waals surface area contributed by atoms with Crippen LogP contribution in [0.25, 0.3) is 0 Å². The van der Waals surface area contributed by atoms with Crippen LogP contribution < -0.4 is 15.5 Å². The second kappa shape index (κ2) is 14.3. The minimum absolute atomic E-state index is 0.216. The van der Waals surface area contributed by atoms with Gasteiger partial charge in [0.15, 0.2) is 6.10 Å². The monoisotopic (exact) mass is 621 g/mol. The molecule has 3 aromatic rings. The van der Waals surface area contributed by atoms with Crippen LogP contribution >= 0.6 is 15.9 Å². The van der Waals surface area contributed by atoms with E-state index in [-0.39, 0.29) is 18.6 Å². The number of amides is 3. The molecule has 41 heavy (non-hydrogen) atoms. The highest BCUT2D eigenvalue weighted by Crippen LogP contribution is 2.33. The molecule has 0 heterocycles. The molecule has 3 aromatic carbocycles. The van der Waals surface area contributed by atoms with E-state index in [1.54, 1.807) is 29.2 Å². The third-order valence-electron chi connectivity index (χ3n) is 7.53. The van der Waals surface area contributed by atoms with Crippen LogP contribution in [0, 0.1) is 0 Å². The molecule has 216 valence electrons. The van der Waals surface area contributed by atoms with E-state index in [1.165, 1.54) is 37.7 Å². The molecule has 1 saturated carbocycles. The second-order valence-electron chi connectivity index (χ2n) is 10.5. The molecule has 0 spiro atoms. The lowest BCUT2D eigenvalue weighted by molar-refractivity contribution is -0.146. The number of carboxylic acids is 1. The summed E-state index contributed by atoms with van der Waals surface area (Å²) >= 11 is 3.45. The molecular weight excluding hydrogens is 586 g/mol. The molecule has 0 radical (unpaired) electrons. The number of carbonyl (C=O) groups excluding carboxylic acids is 2. The van der Waals surface area contributed by atoms with Crippen molar-refractivity contribution in [2.45, 2.75) is 63.6 Å². The van der Waals surface area contributed by atoms with Crippen LogP contribution in [0.1, 0.15) is 78.0 Å². The van der Waals surface area contributed by atoms with Crippen LogP contribution in [0.2, 0.25) is 0 Å². The third kappa shape index (κ3) is 8.41. The molecule has 1 fully saturated rings. The Balaban J connectivity index is 1.50. The maximum absolute atomic E-state index is 13.6. The Morgan fingerprint density at radius 3 is 2.17 bits per heavy atom. The Bertz CT molecular complexity index is 1320. The van der Waals surface area contributed by atoms with E-state index in [4.69, 9.17) is 5.11 Å². The molecule has 2 atom stereocenters. The van der Waals surface area contributed by atoms with Crippen molar-refractivity contribution in [2.75, 3.05) is 11.4 Å². The van der Waals surface area contributed by atoms with E-state index in [0.29, 0.717) is 11.5 Å². The van der Waals surface area contributed by atoms with Crippen LogP contribution in [0.5, 0.6) is 0 Å². The average Bonchev–Trinajstić information content (AvgIpc) is 2.99. The van der Waals surface area contributed by atoms with Crippen LogP contribution in [0.4, 0.5) is 10.5 Å². The predicted molar refractivity (Wildman–Crippen MR) is 162 cm³/mol. The predicted octanol–water partition coefficient (Wildman–Crippen LogP) is 6.15. The van der Waals surface area contributed by atoms with Crippen LogP contribution in [0.3, 0.4) is 0 Å². The summed E-state index contributed by atoms with van der Waals surface area (Å²) in [4.78, 5) is 38.5. The summed E-state index contributed by atoms with van der Waals surface area (Å²) < 4.78 is 0.967. The third-order valence-corrected chi connectivity index (χ3v) is 8.06. The summed E-state index contributed by atoms with van der Waals surface area (Å²) in [7, 11) is 0. The number of hydrogen-bond acceptors (Lipinski definition) is 4. The van der Waals surface area contributed by atoms with Gasteiger partial charge < -0.3 is 20.8 Å². The van der Waals surface area contributed by atoms with E-state index < -0.39 is 24.5 Å². The van der Waals surface area contributed by atoms with Crippen LogP contribution in [0.15, 0.2) is 77.3 Å². The number of anilines is 1. The first-order valence-electron chi connectivity index (χ1n) is 13.9. The fraction of sp³-hybridized carbons (Fsp3) is 0.344. The fourth-order valence-corrected chi connectivity index (χ4v) is 5.33. The number of aliphatic carboxylic acids is 1. The molecule has 4 N–H and O–H groups in total. The highest BCUT2D eigenvalue weighted by atomic mass is 79.9. The summed E-state index contributed by atoms with van der Waals surface area (Å²) in [5.41, 5.74) is 4.20. The molecule has 0 saturated heterocycles. The van der Waals surface area contributed by atoms with E-state index in [1.807, 2.05) is 43.3 Å². The number of hydrogen-bond donors (Lipinski definition) is 4. The summed E-state index contributed by atoms with van der Waals surface area (Å²) in [5.74, 6) is -1.33. The van der Waals surface area contributed by atoms with Gasteiger partial charge in [-0.3, -0.25) is 9.69 Å². The molecular formula is C32H36BrN3O5. The maximum atomic E-state index is 13.6. The van der Waals surface area contributed by atoms with Crippen molar-refractivity contribution in [3.63, 3.8) is 0 Å². The number of carbonyl (C=O) groups is 3. The van der Waals surface area contributed by atoms with Gasteiger partial charge in [0.2, 0.25) is 0 Å². The summed E-state index contributed by atoms with van der Waals surface area (Å²) in [6.45, 7) is 1.83. The zero-order chi connectivity index (χ0) is 29.4. The first-order chi connectivity index (χ1) is 19.7. The fourth-order valence-electron chi connectivity index (χ4n) is 5.06. The minimum Gasteiger partial charge on any atom is -0.479 e. The smallest absolute Gasteiger partial charge is 0.334 e. The SMILES string of the molecule is CC(NC(=O)N(Cc1ccc(C(=O)NCC(O)C(=O)O)cc1)c1ccc(C2CCCCC2)cc1)c1ccc(Br)cc1. The molecule has 3 amide bonds. The molecule has 4 rings (SSSR count). The van der Waals surface area contributed by atoms with Crippen molar-refractivity contribution >= 4 is 39.5 Å². The molecule has 1 aliphatic rings. The second-order valence-corrected chi connectivity index (χ2v) is 11.4. The normalized spacial score (nSPS) is 15.0. The average molecular weight is 623 g/mol. The van der Waals surface area contributed by atoms with Gasteiger partial charge in [0.25, 0.3) is 5.91 Å². The van der Waals surface area contributed by atoms with Crippen molar-refractivity contribution < 1.29 is 24.6 Å². The Morgan fingerprint density at radius 2 is 1.56 bits per heavy atom. The number of nitrogens with one attached hydrogen (secondary N) is 2. The van der Waals surface area contributed by atoms with E-state index in [2.05, 4.69) is 38.7 Å². The Morgan fingerprint density at radius 1 is 0.927 bits per heavy atom. The number of aliphatic hydroxyl groups excluding tert-OH is 1. The maximum Gasteiger partial charge on any atom is 0.334 e. The number of nitrogens with zero attached hydrogens (tertiary/aromatic N) is 1. The molecule has 9 heteroatoms. The number of aliphatic hydroxyl groups is 1. The van der Waals surface area contributed by atoms with Crippen LogP contribution in [-0.2, 0) is 11.3 Å². The number of benzene rings is 3. The van der Waals surface area contributed by atoms with E-state index >= 15 is 0 Å². The number of rotatable bonds is 10. The van der Waals surface area contributed by atoms with Gasteiger partial charge in [0.05, 0.1) is 19.1 Å². The van der Waals surface area contributed by atoms with Gasteiger partial charge in [0.1, 0.15) is 0 Å². The first-order valence-corrected chi connectivity index (χ1v) is 14.7. The van der Waals surface area contributed by atoms with Crippen molar-refractivity contribution in [1.82, 2.24) is 10.6 Å². The minimum atomic E-state index is -1.67. The molecule has 0 aliphatic heterocycles. The largest absolute Gasteiger partial charge is 0.479 e. The zero-order valence-electron chi connectivity index (χ0n) is 23.1. The highest BCUT2D eigenvalue weighted by Gasteiger charge is 2.21. The standard InChI is InChI=1S/C32H36BrN3O5/c1-21(23-11-15-27(33)16-12-23)35-32(41)36(28-17-13-25(14-18-28)24-5-3-2-4-6-24)20-22-7-9-26(10-8-22)30(38)34-19-29(37)31(39)40/h7-18,21,24,29,37H,2-6,19-20H2,1H3,(H,34,38)(H,35,41)(H,39,40). The molecule has 0 bridgehead atoms. The number of urea groups is 1. The van der Waals surface area contributed by atoms with Crippen molar-refractivity contribution in [2.24, 2.45) is 0 Å². The van der Waals surface area contributed by atoms with E-state index in [9.17, 15) is 19.5 Å². The van der Waals surface area contributed by atoms with Gasteiger partial charge >= 0.3 is 12.0 Å². The number of carboxylic acid groups (broad SMARTS) is 1. The summed E-state index contributed by atoms with van der Waals surface area (Å²) in [6.07, 6.45) is 4.53. The summed E-state index contributed by atoms with van der Waals surface area (Å²) in [5, 5.41) is 23.7. The lowest BCUT2D eigenvalue weighted by atomic mass is 9.84. The van der Waals surface area contributed by atoms with Gasteiger partial charge in [-0.15, -0.1) is 0 Å². The zero-order valence-corrected chi connectivity index (χ0v) is 24.6. The van der Waals surface area contributed by atoms with Gasteiger partial charge in [-0.05, 0) is 78.8 Å². The lowest BCUT2D eigenvalue weighted by Crippen LogP contribution is -2.40. The molecule has 0 aromatic heterocycles. The number of halogens is 1. The molecule has 1 aliphatic carbocycles. The topological polar surface area (TPSA) is 119 Å². The van der Waals surface area contributed by atoms with Gasteiger partial charge in [-0.1, -0.05) is 71.6 Å². The van der Waals surface area contributed by atoms with Crippen molar-refractivity contribution in [3.8, 4) is 0 Å². The van der Waals surface area contributed by atoms with Crippen LogP contribution in [-0.4, -0.2) is 40.8 Å². The first kappa shape index (κ1) is 30.3. The Labute approximate surface area is 248 Å². The van der Waals surface area contributed by atoms with Gasteiger partial charge in [0, 0.05) is 15.7 Å². The quantitative estimate of drug-likeness (QED) is 0.216. The summed E-state index contributed by atoms with van der Waals surface area (Å²) in [6, 6.07) is 22.4. The highest BCUT2D eigenvalue weighted by molar-refractivity contribution is 9.10. The van der Waals surface area contributed by atoms with Crippen molar-refractivity contribution in [3.05, 3.63) is 99.5 Å². The lowest BCUT2D eigenvalue weighted by Gasteiger charge is -2.27. The van der Waals surface area contributed by atoms with Gasteiger partial charge in [-0.25, -0.2) is 9.59 Å². The van der Waals surface area contributed by atoms with E-state index in [0.717, 1.165) is 21.3 Å². The van der Waals surface area contributed by atoms with Gasteiger partial charge in [-0.2, -0.15) is 0 Å².